The Morgan fingerprint density at radius 3 is 3.12 bits per heavy atom. The minimum atomic E-state index is -0.152. The molecule has 0 spiro atoms. The lowest BCUT2D eigenvalue weighted by atomic mass is 10.0. The molecule has 0 saturated heterocycles. The van der Waals surface area contributed by atoms with Crippen molar-refractivity contribution in [2.24, 2.45) is 0 Å². The van der Waals surface area contributed by atoms with E-state index in [2.05, 4.69) is 25.1 Å². The summed E-state index contributed by atoms with van der Waals surface area (Å²) in [6, 6.07) is 7.26. The highest BCUT2D eigenvalue weighted by molar-refractivity contribution is 6.32. The molecular formula is C17H16ClN5O. The van der Waals surface area contributed by atoms with E-state index in [1.54, 1.807) is 12.3 Å². The summed E-state index contributed by atoms with van der Waals surface area (Å²) in [6.07, 6.45) is 3.33. The Bertz CT molecular complexity index is 936. The van der Waals surface area contributed by atoms with Crippen LogP contribution >= 0.6 is 11.6 Å². The number of aromatic nitrogens is 4. The van der Waals surface area contributed by atoms with Crippen LogP contribution in [-0.4, -0.2) is 31.7 Å². The number of hydrogen-bond acceptors (Lipinski definition) is 4. The van der Waals surface area contributed by atoms with Gasteiger partial charge in [0.1, 0.15) is 11.6 Å². The van der Waals surface area contributed by atoms with Crippen molar-refractivity contribution in [3.05, 3.63) is 52.7 Å². The van der Waals surface area contributed by atoms with Crippen molar-refractivity contribution < 1.29 is 4.79 Å². The summed E-state index contributed by atoms with van der Waals surface area (Å²) < 4.78 is 2.06. The van der Waals surface area contributed by atoms with E-state index in [-0.39, 0.29) is 11.9 Å². The summed E-state index contributed by atoms with van der Waals surface area (Å²) in [5.41, 5.74) is 1.17. The number of nitrogens with zero attached hydrogens (tertiary/aromatic N) is 4. The molecule has 0 fully saturated rings. The van der Waals surface area contributed by atoms with E-state index in [0.29, 0.717) is 22.6 Å². The molecule has 1 aliphatic rings. The predicted molar refractivity (Wildman–Crippen MR) is 91.1 cm³/mol. The Morgan fingerprint density at radius 2 is 2.25 bits per heavy atom. The molecule has 1 amide bonds. The molecule has 2 aromatic heterocycles. The first-order valence-electron chi connectivity index (χ1n) is 7.85. The summed E-state index contributed by atoms with van der Waals surface area (Å²) in [5.74, 6) is 1.70. The maximum atomic E-state index is 12.8. The highest BCUT2D eigenvalue weighted by atomic mass is 35.5. The van der Waals surface area contributed by atoms with Crippen LogP contribution in [0.4, 0.5) is 0 Å². The Kier molecular flexibility index (Phi) is 3.69. The number of fused-ring (bicyclic) bond motifs is 2. The zero-order valence-electron chi connectivity index (χ0n) is 13.2. The minimum absolute atomic E-state index is 0.0393. The molecule has 3 aromatic rings. The molecule has 1 aromatic carbocycles. The summed E-state index contributed by atoms with van der Waals surface area (Å²) >= 11 is 6.16. The van der Waals surface area contributed by atoms with Gasteiger partial charge in [-0.25, -0.2) is 0 Å². The van der Waals surface area contributed by atoms with Crippen molar-refractivity contribution in [3.63, 3.8) is 0 Å². The van der Waals surface area contributed by atoms with Crippen molar-refractivity contribution >= 4 is 28.4 Å². The second-order valence-electron chi connectivity index (χ2n) is 6.01. The van der Waals surface area contributed by atoms with Gasteiger partial charge in [-0.1, -0.05) is 17.7 Å². The van der Waals surface area contributed by atoms with E-state index in [1.165, 1.54) is 0 Å². The molecule has 24 heavy (non-hydrogen) atoms. The molecule has 1 aliphatic heterocycles. The maximum Gasteiger partial charge on any atom is 0.253 e. The first-order valence-corrected chi connectivity index (χ1v) is 8.23. The molecule has 1 atom stereocenters. The first-order chi connectivity index (χ1) is 11.6. The predicted octanol–water partition coefficient (Wildman–Crippen LogP) is 2.53. The van der Waals surface area contributed by atoms with E-state index in [0.717, 1.165) is 29.9 Å². The molecular weight excluding hydrogens is 326 g/mol. The normalized spacial score (nSPS) is 16.8. The zero-order chi connectivity index (χ0) is 16.7. The van der Waals surface area contributed by atoms with Gasteiger partial charge in [-0.05, 0) is 31.5 Å². The highest BCUT2D eigenvalue weighted by Crippen LogP contribution is 2.23. The van der Waals surface area contributed by atoms with E-state index in [4.69, 9.17) is 11.6 Å². The average molecular weight is 342 g/mol. The summed E-state index contributed by atoms with van der Waals surface area (Å²) in [4.78, 5) is 17.1. The largest absolute Gasteiger partial charge is 0.347 e. The number of nitrogens with one attached hydrogen (secondary N) is 1. The SMILES string of the molecule is Cc1nnc2n1C[C@H](NC(=O)c1cc(Cl)cc3cccnc13)CC2. The van der Waals surface area contributed by atoms with Crippen LogP contribution in [0.2, 0.25) is 5.02 Å². The van der Waals surface area contributed by atoms with Crippen LogP contribution in [0.1, 0.15) is 28.4 Å². The maximum absolute atomic E-state index is 12.8. The van der Waals surface area contributed by atoms with Crippen molar-refractivity contribution in [3.8, 4) is 0 Å². The number of hydrogen-bond donors (Lipinski definition) is 1. The van der Waals surface area contributed by atoms with Gasteiger partial charge in [-0.2, -0.15) is 0 Å². The molecule has 0 unspecified atom stereocenters. The first kappa shape index (κ1) is 15.1. The summed E-state index contributed by atoms with van der Waals surface area (Å²) in [5, 5.41) is 12.7. The van der Waals surface area contributed by atoms with E-state index in [9.17, 15) is 4.79 Å². The number of aryl methyl sites for hydroxylation is 2. The van der Waals surface area contributed by atoms with Crippen molar-refractivity contribution in [2.75, 3.05) is 0 Å². The third kappa shape index (κ3) is 2.63. The molecule has 122 valence electrons. The Hall–Kier alpha value is -2.47. The fraction of sp³-hybridized carbons (Fsp3) is 0.294. The van der Waals surface area contributed by atoms with Crippen LogP contribution in [0.25, 0.3) is 10.9 Å². The van der Waals surface area contributed by atoms with Crippen LogP contribution in [-0.2, 0) is 13.0 Å². The Labute approximate surface area is 143 Å². The van der Waals surface area contributed by atoms with Gasteiger partial charge in [0.05, 0.1) is 11.1 Å². The van der Waals surface area contributed by atoms with Crippen LogP contribution in [0, 0.1) is 6.92 Å². The molecule has 1 N–H and O–H groups in total. The second kappa shape index (κ2) is 5.87. The smallest absolute Gasteiger partial charge is 0.253 e. The van der Waals surface area contributed by atoms with Gasteiger partial charge in [0, 0.05) is 35.6 Å². The summed E-state index contributed by atoms with van der Waals surface area (Å²) in [7, 11) is 0. The van der Waals surface area contributed by atoms with E-state index >= 15 is 0 Å². The van der Waals surface area contributed by atoms with Gasteiger partial charge in [-0.3, -0.25) is 9.78 Å². The van der Waals surface area contributed by atoms with E-state index in [1.807, 2.05) is 25.1 Å². The minimum Gasteiger partial charge on any atom is -0.347 e. The van der Waals surface area contributed by atoms with Crippen LogP contribution in [0.3, 0.4) is 0 Å². The number of pyridine rings is 1. The van der Waals surface area contributed by atoms with Crippen LogP contribution < -0.4 is 5.32 Å². The van der Waals surface area contributed by atoms with Crippen molar-refractivity contribution in [1.82, 2.24) is 25.1 Å². The van der Waals surface area contributed by atoms with Gasteiger partial charge in [-0.15, -0.1) is 10.2 Å². The number of carbonyl (C=O) groups excluding carboxylic acids is 1. The van der Waals surface area contributed by atoms with Gasteiger partial charge in [0.15, 0.2) is 0 Å². The topological polar surface area (TPSA) is 72.7 Å². The van der Waals surface area contributed by atoms with Gasteiger partial charge >= 0.3 is 0 Å². The molecule has 0 saturated carbocycles. The van der Waals surface area contributed by atoms with Crippen molar-refractivity contribution in [2.45, 2.75) is 32.4 Å². The number of carbonyl (C=O) groups is 1. The number of halogens is 1. The van der Waals surface area contributed by atoms with Crippen molar-refractivity contribution in [1.29, 1.82) is 0 Å². The third-order valence-corrected chi connectivity index (χ3v) is 4.60. The highest BCUT2D eigenvalue weighted by Gasteiger charge is 2.24. The fourth-order valence-corrected chi connectivity index (χ4v) is 3.40. The fourth-order valence-electron chi connectivity index (χ4n) is 3.17. The Balaban J connectivity index is 1.60. The standard InChI is InChI=1S/C17H16ClN5O/c1-10-21-22-15-5-4-13(9-23(10)15)20-17(24)14-8-12(18)7-11-3-2-6-19-16(11)14/h2-3,6-8,13H,4-5,9H2,1H3,(H,20,24)/t13-/m1/s1. The molecule has 7 heteroatoms. The third-order valence-electron chi connectivity index (χ3n) is 4.38. The lowest BCUT2D eigenvalue weighted by molar-refractivity contribution is 0.0929. The molecule has 3 heterocycles. The molecule has 0 radical (unpaired) electrons. The molecule has 0 aliphatic carbocycles. The number of rotatable bonds is 2. The molecule has 0 bridgehead atoms. The molecule has 6 nitrogen and oxygen atoms in total. The molecule has 4 rings (SSSR count). The van der Waals surface area contributed by atoms with Gasteiger partial charge in [0.25, 0.3) is 5.91 Å². The monoisotopic (exact) mass is 341 g/mol. The lowest BCUT2D eigenvalue weighted by Gasteiger charge is -2.25. The Morgan fingerprint density at radius 1 is 1.38 bits per heavy atom. The second-order valence-corrected chi connectivity index (χ2v) is 6.45. The quantitative estimate of drug-likeness (QED) is 0.777. The van der Waals surface area contributed by atoms with Crippen LogP contribution in [0.15, 0.2) is 30.5 Å². The van der Waals surface area contributed by atoms with Crippen LogP contribution in [0.5, 0.6) is 0 Å². The number of benzene rings is 1. The van der Waals surface area contributed by atoms with E-state index < -0.39 is 0 Å². The van der Waals surface area contributed by atoms with Gasteiger partial charge in [0.2, 0.25) is 0 Å². The number of amides is 1. The zero-order valence-corrected chi connectivity index (χ0v) is 13.9. The average Bonchev–Trinajstić information content (AvgIpc) is 2.95. The van der Waals surface area contributed by atoms with Gasteiger partial charge < -0.3 is 9.88 Å². The summed E-state index contributed by atoms with van der Waals surface area (Å²) in [6.45, 7) is 2.61. The lowest BCUT2D eigenvalue weighted by Crippen LogP contribution is -2.41.